The molecule has 152 valence electrons. The number of nitrogens with zero attached hydrogens (tertiary/aromatic N) is 2. The normalized spacial score (nSPS) is 12.0. The number of fused-ring (bicyclic) bond motifs is 1. The third-order valence-electron chi connectivity index (χ3n) is 4.33. The van der Waals surface area contributed by atoms with E-state index < -0.39 is 0 Å². The third kappa shape index (κ3) is 4.96. The van der Waals surface area contributed by atoms with Crippen molar-refractivity contribution in [2.75, 3.05) is 31.9 Å². The fourth-order valence-electron chi connectivity index (χ4n) is 2.93. The van der Waals surface area contributed by atoms with Gasteiger partial charge < -0.3 is 14.8 Å². The molecule has 29 heavy (non-hydrogen) atoms. The smallest absolute Gasteiger partial charge is 0.262 e. The number of para-hydroxylation sites is 1. The SMILES string of the molecule is COC[C@H](C)n1c(SCC(=O)Nc2ccc(OC)cc2)nc2ccccc2c1=O. The molecule has 0 radical (unpaired) electrons. The van der Waals surface area contributed by atoms with Gasteiger partial charge in [0, 0.05) is 12.8 Å². The summed E-state index contributed by atoms with van der Waals surface area (Å²) in [6.45, 7) is 2.26. The predicted molar refractivity (Wildman–Crippen MR) is 115 cm³/mol. The highest BCUT2D eigenvalue weighted by molar-refractivity contribution is 7.99. The lowest BCUT2D eigenvalue weighted by Gasteiger charge is -2.18. The lowest BCUT2D eigenvalue weighted by molar-refractivity contribution is -0.113. The standard InChI is InChI=1S/C21H23N3O4S/c1-14(12-27-2)24-20(26)17-6-4-5-7-18(17)23-21(24)29-13-19(25)22-15-8-10-16(28-3)11-9-15/h4-11,14H,12-13H2,1-3H3,(H,22,25)/t14-/m0/s1. The number of anilines is 1. The highest BCUT2D eigenvalue weighted by atomic mass is 32.2. The van der Waals surface area contributed by atoms with Crippen molar-refractivity contribution in [2.45, 2.75) is 18.1 Å². The molecule has 1 aromatic heterocycles. The van der Waals surface area contributed by atoms with E-state index in [1.165, 1.54) is 11.8 Å². The van der Waals surface area contributed by atoms with Crippen molar-refractivity contribution in [3.8, 4) is 5.75 Å². The van der Waals surface area contributed by atoms with Crippen LogP contribution < -0.4 is 15.6 Å². The number of benzene rings is 2. The van der Waals surface area contributed by atoms with Crippen LogP contribution >= 0.6 is 11.8 Å². The lowest BCUT2D eigenvalue weighted by Crippen LogP contribution is -2.29. The van der Waals surface area contributed by atoms with E-state index in [0.717, 1.165) is 0 Å². The number of rotatable bonds is 8. The molecule has 7 nitrogen and oxygen atoms in total. The number of amides is 1. The highest BCUT2D eigenvalue weighted by Gasteiger charge is 2.17. The second-order valence-electron chi connectivity index (χ2n) is 6.46. The molecule has 2 aromatic carbocycles. The topological polar surface area (TPSA) is 82.4 Å². The first kappa shape index (κ1) is 20.9. The molecular weight excluding hydrogens is 390 g/mol. The van der Waals surface area contributed by atoms with Crippen molar-refractivity contribution in [3.63, 3.8) is 0 Å². The maximum Gasteiger partial charge on any atom is 0.262 e. The van der Waals surface area contributed by atoms with Gasteiger partial charge in [0.1, 0.15) is 5.75 Å². The summed E-state index contributed by atoms with van der Waals surface area (Å²) in [7, 11) is 3.18. The first-order valence-electron chi connectivity index (χ1n) is 9.10. The van der Waals surface area contributed by atoms with Crippen LogP contribution in [0.2, 0.25) is 0 Å². The van der Waals surface area contributed by atoms with E-state index in [0.29, 0.717) is 34.1 Å². The van der Waals surface area contributed by atoms with E-state index in [-0.39, 0.29) is 23.3 Å². The van der Waals surface area contributed by atoms with Gasteiger partial charge in [-0.1, -0.05) is 23.9 Å². The van der Waals surface area contributed by atoms with Gasteiger partial charge in [0.25, 0.3) is 5.56 Å². The Labute approximate surface area is 173 Å². The number of aromatic nitrogens is 2. The molecule has 0 saturated carbocycles. The minimum absolute atomic E-state index is 0.122. The maximum atomic E-state index is 13.0. The van der Waals surface area contributed by atoms with Gasteiger partial charge in [-0.05, 0) is 43.3 Å². The Morgan fingerprint density at radius 1 is 1.17 bits per heavy atom. The molecule has 0 aliphatic carbocycles. The molecule has 3 rings (SSSR count). The van der Waals surface area contributed by atoms with Crippen molar-refractivity contribution >= 4 is 34.3 Å². The molecule has 0 aliphatic rings. The van der Waals surface area contributed by atoms with Crippen LogP contribution in [0.1, 0.15) is 13.0 Å². The van der Waals surface area contributed by atoms with Gasteiger partial charge in [0.15, 0.2) is 5.16 Å². The zero-order chi connectivity index (χ0) is 20.8. The van der Waals surface area contributed by atoms with Crippen LogP contribution in [-0.2, 0) is 9.53 Å². The molecule has 0 spiro atoms. The van der Waals surface area contributed by atoms with Crippen molar-refractivity contribution in [1.82, 2.24) is 9.55 Å². The van der Waals surface area contributed by atoms with Gasteiger partial charge in [-0.25, -0.2) is 4.98 Å². The third-order valence-corrected chi connectivity index (χ3v) is 5.28. The molecule has 0 fully saturated rings. The summed E-state index contributed by atoms with van der Waals surface area (Å²) in [4.78, 5) is 30.0. The van der Waals surface area contributed by atoms with Gasteiger partial charge in [0.2, 0.25) is 5.91 Å². The van der Waals surface area contributed by atoms with E-state index >= 15 is 0 Å². The van der Waals surface area contributed by atoms with Crippen LogP contribution in [0.4, 0.5) is 5.69 Å². The number of nitrogens with one attached hydrogen (secondary N) is 1. The molecule has 1 heterocycles. The van der Waals surface area contributed by atoms with Gasteiger partial charge in [-0.3, -0.25) is 14.2 Å². The van der Waals surface area contributed by atoms with E-state index in [1.54, 1.807) is 55.2 Å². The Morgan fingerprint density at radius 2 is 1.90 bits per heavy atom. The van der Waals surface area contributed by atoms with Crippen LogP contribution in [0, 0.1) is 0 Å². The van der Waals surface area contributed by atoms with Crippen LogP contribution in [0.3, 0.4) is 0 Å². The summed E-state index contributed by atoms with van der Waals surface area (Å²) in [5.74, 6) is 0.652. The van der Waals surface area contributed by atoms with Crippen molar-refractivity contribution in [1.29, 1.82) is 0 Å². The fourth-order valence-corrected chi connectivity index (χ4v) is 3.83. The van der Waals surface area contributed by atoms with Gasteiger partial charge in [-0.15, -0.1) is 0 Å². The van der Waals surface area contributed by atoms with Crippen LogP contribution in [0.15, 0.2) is 58.5 Å². The summed E-state index contributed by atoms with van der Waals surface area (Å²) in [6.07, 6.45) is 0. The Bertz CT molecular complexity index is 1050. The van der Waals surface area contributed by atoms with Gasteiger partial charge >= 0.3 is 0 Å². The first-order valence-corrected chi connectivity index (χ1v) is 10.1. The fraction of sp³-hybridized carbons (Fsp3) is 0.286. The minimum atomic E-state index is -0.211. The molecule has 3 aromatic rings. The largest absolute Gasteiger partial charge is 0.497 e. The number of ether oxygens (including phenoxy) is 2. The molecule has 0 aliphatic heterocycles. The van der Waals surface area contributed by atoms with Crippen molar-refractivity contribution < 1.29 is 14.3 Å². The molecule has 1 N–H and O–H groups in total. The Morgan fingerprint density at radius 3 is 2.59 bits per heavy atom. The molecule has 0 unspecified atom stereocenters. The molecule has 0 bridgehead atoms. The lowest BCUT2D eigenvalue weighted by atomic mass is 10.2. The Balaban J connectivity index is 1.81. The zero-order valence-corrected chi connectivity index (χ0v) is 17.4. The summed E-state index contributed by atoms with van der Waals surface area (Å²) in [6, 6.07) is 14.1. The van der Waals surface area contributed by atoms with E-state index in [1.807, 2.05) is 19.1 Å². The van der Waals surface area contributed by atoms with Crippen molar-refractivity contribution in [3.05, 3.63) is 58.9 Å². The number of hydrogen-bond donors (Lipinski definition) is 1. The number of methoxy groups -OCH3 is 2. The average molecular weight is 413 g/mol. The minimum Gasteiger partial charge on any atom is -0.497 e. The maximum absolute atomic E-state index is 13.0. The molecule has 1 amide bonds. The van der Waals surface area contributed by atoms with E-state index in [9.17, 15) is 9.59 Å². The summed E-state index contributed by atoms with van der Waals surface area (Å²) < 4.78 is 11.9. The van der Waals surface area contributed by atoms with Crippen LogP contribution in [0.5, 0.6) is 5.75 Å². The van der Waals surface area contributed by atoms with Crippen molar-refractivity contribution in [2.24, 2.45) is 0 Å². The number of hydrogen-bond acceptors (Lipinski definition) is 6. The second-order valence-corrected chi connectivity index (χ2v) is 7.40. The van der Waals surface area contributed by atoms with Gasteiger partial charge in [-0.2, -0.15) is 0 Å². The molecule has 0 saturated heterocycles. The van der Waals surface area contributed by atoms with Crippen LogP contribution in [0.25, 0.3) is 10.9 Å². The van der Waals surface area contributed by atoms with Gasteiger partial charge in [0.05, 0.1) is 36.4 Å². The van der Waals surface area contributed by atoms with E-state index in [4.69, 9.17) is 9.47 Å². The predicted octanol–water partition coefficient (Wildman–Crippen LogP) is 3.34. The number of carbonyl (C=O) groups is 1. The first-order chi connectivity index (χ1) is 14.0. The quantitative estimate of drug-likeness (QED) is 0.451. The molecular formula is C21H23N3O4S. The molecule has 8 heteroatoms. The van der Waals surface area contributed by atoms with E-state index in [2.05, 4.69) is 10.3 Å². The Hall–Kier alpha value is -2.84. The Kier molecular flexibility index (Phi) is 6.90. The number of thioether (sulfide) groups is 1. The average Bonchev–Trinajstić information content (AvgIpc) is 2.73. The summed E-state index contributed by atoms with van der Waals surface area (Å²) in [5.41, 5.74) is 1.14. The summed E-state index contributed by atoms with van der Waals surface area (Å²) in [5, 5.41) is 3.87. The molecule has 1 atom stereocenters. The summed E-state index contributed by atoms with van der Waals surface area (Å²) >= 11 is 1.22. The zero-order valence-electron chi connectivity index (χ0n) is 16.5. The van der Waals surface area contributed by atoms with Crippen LogP contribution in [-0.4, -0.2) is 42.0 Å². The monoisotopic (exact) mass is 413 g/mol. The number of carbonyl (C=O) groups excluding carboxylic acids is 1. The second kappa shape index (κ2) is 9.58. The highest BCUT2D eigenvalue weighted by Crippen LogP contribution is 2.22.